The molecule has 1 aliphatic rings. The summed E-state index contributed by atoms with van der Waals surface area (Å²) in [7, 11) is 0. The zero-order valence-corrected chi connectivity index (χ0v) is 17.5. The molecule has 1 aromatic carbocycles. The molecule has 2 heterocycles. The smallest absolute Gasteiger partial charge is 0.280 e. The van der Waals surface area contributed by atoms with Gasteiger partial charge in [-0.05, 0) is 49.5 Å². The zero-order chi connectivity index (χ0) is 20.9. The van der Waals surface area contributed by atoms with Gasteiger partial charge in [0.05, 0.1) is 0 Å². The number of hydrogen-bond acceptors (Lipinski definition) is 6. The molecule has 1 aliphatic carbocycles. The van der Waals surface area contributed by atoms with E-state index in [1.165, 1.54) is 4.90 Å². The fraction of sp³-hybridized carbons (Fsp3) is 0.318. The number of aromatic nitrogens is 3. The molecule has 0 saturated heterocycles. The quantitative estimate of drug-likeness (QED) is 0.656. The van der Waals surface area contributed by atoms with Gasteiger partial charge in [0.15, 0.2) is 5.69 Å². The monoisotopic (exact) mass is 421 g/mol. The molecule has 0 bridgehead atoms. The van der Waals surface area contributed by atoms with E-state index in [1.54, 1.807) is 23.8 Å². The van der Waals surface area contributed by atoms with E-state index in [-0.39, 0.29) is 23.6 Å². The van der Waals surface area contributed by atoms with Crippen LogP contribution >= 0.6 is 11.5 Å². The molecule has 1 saturated carbocycles. The lowest BCUT2D eigenvalue weighted by molar-refractivity contribution is -0.123. The summed E-state index contributed by atoms with van der Waals surface area (Å²) in [6.45, 7) is 1.98. The van der Waals surface area contributed by atoms with Gasteiger partial charge in [-0.3, -0.25) is 19.5 Å². The minimum absolute atomic E-state index is 0.132. The maximum absolute atomic E-state index is 13.5. The second kappa shape index (κ2) is 9.13. The molecule has 0 aliphatic heterocycles. The molecule has 3 aromatic rings. The minimum Gasteiger partial charge on any atom is -0.351 e. The number of hydrogen-bond donors (Lipinski definition) is 1. The number of benzene rings is 1. The largest absolute Gasteiger partial charge is 0.351 e. The second-order valence-corrected chi connectivity index (χ2v) is 8.09. The number of rotatable bonds is 6. The Morgan fingerprint density at radius 1 is 1.17 bits per heavy atom. The normalized spacial score (nSPS) is 15.0. The van der Waals surface area contributed by atoms with E-state index in [2.05, 4.69) is 19.9 Å². The third kappa shape index (κ3) is 4.38. The third-order valence-corrected chi connectivity index (χ3v) is 5.82. The fourth-order valence-corrected chi connectivity index (χ4v) is 4.21. The van der Waals surface area contributed by atoms with E-state index in [0.29, 0.717) is 11.3 Å². The lowest BCUT2D eigenvalue weighted by Crippen LogP contribution is -2.46. The maximum atomic E-state index is 13.5. The van der Waals surface area contributed by atoms with Gasteiger partial charge in [0.2, 0.25) is 5.91 Å². The van der Waals surface area contributed by atoms with Crippen molar-refractivity contribution in [3.8, 4) is 0 Å². The van der Waals surface area contributed by atoms with Crippen LogP contribution in [-0.2, 0) is 4.79 Å². The number of carbonyl (C=O) groups is 2. The van der Waals surface area contributed by atoms with E-state index in [1.807, 2.05) is 37.3 Å². The summed E-state index contributed by atoms with van der Waals surface area (Å²) in [5.41, 5.74) is 2.54. The molecule has 4 rings (SSSR count). The number of amides is 2. The van der Waals surface area contributed by atoms with Crippen LogP contribution in [0.25, 0.3) is 0 Å². The van der Waals surface area contributed by atoms with Crippen LogP contribution in [0.3, 0.4) is 0 Å². The predicted molar refractivity (Wildman–Crippen MR) is 115 cm³/mol. The summed E-state index contributed by atoms with van der Waals surface area (Å²) in [6, 6.07) is 10.4. The Morgan fingerprint density at radius 3 is 2.57 bits per heavy atom. The SMILES string of the molecule is Cc1ccc(N(C(=O)c2csnn2)[C@H](C(=O)NC2CCCC2)c2cccnc2)cc1. The molecule has 2 aromatic heterocycles. The molecule has 0 unspecified atom stereocenters. The van der Waals surface area contributed by atoms with Crippen LogP contribution < -0.4 is 10.2 Å². The third-order valence-electron chi connectivity index (χ3n) is 5.32. The molecule has 0 spiro atoms. The Kier molecular flexibility index (Phi) is 6.13. The number of nitrogens with one attached hydrogen (secondary N) is 1. The summed E-state index contributed by atoms with van der Waals surface area (Å²) in [5.74, 6) is -0.588. The first-order valence-electron chi connectivity index (χ1n) is 10.0. The van der Waals surface area contributed by atoms with E-state index in [9.17, 15) is 9.59 Å². The highest BCUT2D eigenvalue weighted by Crippen LogP contribution is 2.30. The predicted octanol–water partition coefficient (Wildman–Crippen LogP) is 3.69. The van der Waals surface area contributed by atoms with Crippen LogP contribution in [0.5, 0.6) is 0 Å². The van der Waals surface area contributed by atoms with Crippen LogP contribution in [-0.4, -0.2) is 32.4 Å². The maximum Gasteiger partial charge on any atom is 0.280 e. The summed E-state index contributed by atoms with van der Waals surface area (Å²) in [6.07, 6.45) is 7.41. The van der Waals surface area contributed by atoms with Crippen molar-refractivity contribution in [2.24, 2.45) is 0 Å². The average molecular weight is 422 g/mol. The molecule has 1 fully saturated rings. The first-order chi connectivity index (χ1) is 14.6. The molecule has 1 atom stereocenters. The summed E-state index contributed by atoms with van der Waals surface area (Å²) >= 11 is 1.10. The van der Waals surface area contributed by atoms with Gasteiger partial charge in [-0.25, -0.2) is 0 Å². The second-order valence-electron chi connectivity index (χ2n) is 7.48. The van der Waals surface area contributed by atoms with Gasteiger partial charge in [-0.2, -0.15) is 0 Å². The Morgan fingerprint density at radius 2 is 1.93 bits per heavy atom. The van der Waals surface area contributed by atoms with Crippen LogP contribution in [0.1, 0.15) is 53.3 Å². The molecule has 30 heavy (non-hydrogen) atoms. The number of aryl methyl sites for hydroxylation is 1. The van der Waals surface area contributed by atoms with Crippen molar-refractivity contribution in [2.45, 2.75) is 44.7 Å². The van der Waals surface area contributed by atoms with Crippen molar-refractivity contribution in [3.63, 3.8) is 0 Å². The molecule has 2 amide bonds. The summed E-state index contributed by atoms with van der Waals surface area (Å²) < 4.78 is 3.82. The number of nitrogens with zero attached hydrogens (tertiary/aromatic N) is 4. The first-order valence-corrected chi connectivity index (χ1v) is 10.8. The van der Waals surface area contributed by atoms with E-state index in [0.717, 1.165) is 42.8 Å². The van der Waals surface area contributed by atoms with Gasteiger partial charge in [0.25, 0.3) is 5.91 Å². The van der Waals surface area contributed by atoms with Gasteiger partial charge < -0.3 is 5.32 Å². The molecular weight excluding hydrogens is 398 g/mol. The Hall–Kier alpha value is -3.13. The summed E-state index contributed by atoms with van der Waals surface area (Å²) in [5, 5.41) is 8.69. The topological polar surface area (TPSA) is 88.1 Å². The van der Waals surface area contributed by atoms with E-state index < -0.39 is 6.04 Å². The highest BCUT2D eigenvalue weighted by Gasteiger charge is 2.35. The molecule has 7 nitrogen and oxygen atoms in total. The summed E-state index contributed by atoms with van der Waals surface area (Å²) in [4.78, 5) is 32.7. The van der Waals surface area contributed by atoms with Crippen molar-refractivity contribution >= 4 is 29.0 Å². The van der Waals surface area contributed by atoms with Gasteiger partial charge in [0, 0.05) is 35.1 Å². The van der Waals surface area contributed by atoms with Crippen LogP contribution in [0, 0.1) is 6.92 Å². The van der Waals surface area contributed by atoms with E-state index in [4.69, 9.17) is 0 Å². The molecule has 0 radical (unpaired) electrons. The highest BCUT2D eigenvalue weighted by atomic mass is 32.1. The van der Waals surface area contributed by atoms with Gasteiger partial charge in [-0.1, -0.05) is 41.1 Å². The van der Waals surface area contributed by atoms with Crippen LogP contribution in [0.15, 0.2) is 54.2 Å². The number of anilines is 1. The number of pyridine rings is 1. The average Bonchev–Trinajstić information content (AvgIpc) is 3.47. The van der Waals surface area contributed by atoms with Crippen molar-refractivity contribution in [1.29, 1.82) is 0 Å². The minimum atomic E-state index is -0.865. The van der Waals surface area contributed by atoms with Crippen molar-refractivity contribution < 1.29 is 9.59 Å². The molecule has 154 valence electrons. The lowest BCUT2D eigenvalue weighted by atomic mass is 10.0. The van der Waals surface area contributed by atoms with Crippen molar-refractivity contribution in [3.05, 3.63) is 71.0 Å². The zero-order valence-electron chi connectivity index (χ0n) is 16.7. The Labute approximate surface area is 179 Å². The lowest BCUT2D eigenvalue weighted by Gasteiger charge is -2.31. The highest BCUT2D eigenvalue weighted by molar-refractivity contribution is 7.03. The molecule has 8 heteroatoms. The van der Waals surface area contributed by atoms with Gasteiger partial charge >= 0.3 is 0 Å². The van der Waals surface area contributed by atoms with E-state index >= 15 is 0 Å². The Bertz CT molecular complexity index is 986. The molecular formula is C22H23N5O2S. The fourth-order valence-electron chi connectivity index (χ4n) is 3.78. The van der Waals surface area contributed by atoms with Crippen LogP contribution in [0.2, 0.25) is 0 Å². The molecule has 1 N–H and O–H groups in total. The number of carbonyl (C=O) groups excluding carboxylic acids is 2. The van der Waals surface area contributed by atoms with Gasteiger partial charge in [0.1, 0.15) is 6.04 Å². The Balaban J connectivity index is 1.78. The van der Waals surface area contributed by atoms with Crippen LogP contribution in [0.4, 0.5) is 5.69 Å². The van der Waals surface area contributed by atoms with Crippen molar-refractivity contribution in [2.75, 3.05) is 4.90 Å². The first kappa shape index (κ1) is 20.2. The standard InChI is InChI=1S/C22H23N5O2S/c1-15-8-10-18(11-9-15)27(22(29)19-14-30-26-25-19)20(16-5-4-12-23-13-16)21(28)24-17-6-2-3-7-17/h4-5,8-14,17,20H,2-3,6-7H2,1H3,(H,24,28)/t20-/m0/s1. The van der Waals surface area contributed by atoms with Crippen molar-refractivity contribution in [1.82, 2.24) is 19.9 Å². The van der Waals surface area contributed by atoms with Gasteiger partial charge in [-0.15, -0.1) is 5.10 Å².